The average Bonchev–Trinajstić information content (AvgIpc) is 2.37. The summed E-state index contributed by atoms with van der Waals surface area (Å²) >= 11 is 2.08. The lowest BCUT2D eigenvalue weighted by atomic mass is 10.0. The number of rotatable bonds is 4. The van der Waals surface area contributed by atoms with Crippen LogP contribution in [0.2, 0.25) is 0 Å². The van der Waals surface area contributed by atoms with Crippen molar-refractivity contribution in [3.05, 3.63) is 0 Å². The van der Waals surface area contributed by atoms with Crippen LogP contribution in [-0.4, -0.2) is 52.7 Å². The Morgan fingerprint density at radius 1 is 1.41 bits per heavy atom. The largest absolute Gasteiger partial charge is 0.375 e. The Morgan fingerprint density at radius 3 is 2.47 bits per heavy atom. The molecule has 0 N–H and O–H groups in total. The van der Waals surface area contributed by atoms with Gasteiger partial charge >= 0.3 is 0 Å². The molecule has 6 heteroatoms. The van der Waals surface area contributed by atoms with Crippen LogP contribution in [0.15, 0.2) is 0 Å². The zero-order valence-corrected chi connectivity index (χ0v) is 12.5. The number of ether oxygens (including phenoxy) is 1. The molecule has 17 heavy (non-hydrogen) atoms. The lowest BCUT2D eigenvalue weighted by Crippen LogP contribution is -2.46. The van der Waals surface area contributed by atoms with Gasteiger partial charge in [-0.05, 0) is 12.8 Å². The molecule has 0 aliphatic carbocycles. The summed E-state index contributed by atoms with van der Waals surface area (Å²) in [5, 5.41) is 0. The normalized spacial score (nSPS) is 17.0. The summed E-state index contributed by atoms with van der Waals surface area (Å²) in [4.78, 5) is 24.9. The van der Waals surface area contributed by atoms with E-state index in [0.717, 1.165) is 12.8 Å². The van der Waals surface area contributed by atoms with Crippen molar-refractivity contribution in [2.45, 2.75) is 32.2 Å². The van der Waals surface area contributed by atoms with Crippen LogP contribution in [0.5, 0.6) is 0 Å². The van der Waals surface area contributed by atoms with E-state index in [-0.39, 0.29) is 24.5 Å². The molecule has 1 aliphatic heterocycles. The minimum absolute atomic E-state index is 0.0350. The van der Waals surface area contributed by atoms with Gasteiger partial charge in [-0.3, -0.25) is 12.7 Å². The zero-order valence-electron chi connectivity index (χ0n) is 10.3. The molecule has 0 aromatic carbocycles. The first kappa shape index (κ1) is 14.7. The molecule has 0 atom stereocenters. The molecule has 0 bridgehead atoms. The van der Waals surface area contributed by atoms with Gasteiger partial charge in [-0.1, -0.05) is 6.92 Å². The fourth-order valence-corrected chi connectivity index (χ4v) is 2.81. The van der Waals surface area contributed by atoms with E-state index in [1.165, 1.54) is 7.11 Å². The Labute approximate surface area is 116 Å². The summed E-state index contributed by atoms with van der Waals surface area (Å²) < 4.78 is 6.62. The number of hydrogen-bond acceptors (Lipinski definition) is 3. The standard InChI is InChI=1S/C11H19IN2O3/c1-3-10(15)14(12)9-4-6-13(7-5-9)11(16)8-17-2/h9H,3-8H2,1-2H3. The van der Waals surface area contributed by atoms with Gasteiger partial charge in [-0.15, -0.1) is 0 Å². The lowest BCUT2D eigenvalue weighted by Gasteiger charge is -2.35. The smallest absolute Gasteiger partial charge is 0.248 e. The average molecular weight is 354 g/mol. The van der Waals surface area contributed by atoms with Crippen LogP contribution in [0.3, 0.4) is 0 Å². The molecule has 0 saturated carbocycles. The summed E-state index contributed by atoms with van der Waals surface area (Å²) in [5.74, 6) is 0.194. The third-order valence-corrected chi connectivity index (χ3v) is 4.27. The second-order valence-electron chi connectivity index (χ2n) is 4.10. The van der Waals surface area contributed by atoms with Crippen LogP contribution in [-0.2, 0) is 14.3 Å². The molecule has 0 radical (unpaired) electrons. The van der Waals surface area contributed by atoms with Gasteiger partial charge in [0.15, 0.2) is 0 Å². The molecule has 0 spiro atoms. The minimum atomic E-state index is 0.0350. The maximum absolute atomic E-state index is 11.6. The van der Waals surface area contributed by atoms with Crippen molar-refractivity contribution in [1.29, 1.82) is 0 Å². The van der Waals surface area contributed by atoms with Gasteiger partial charge in [-0.25, -0.2) is 0 Å². The van der Waals surface area contributed by atoms with E-state index < -0.39 is 0 Å². The monoisotopic (exact) mass is 354 g/mol. The van der Waals surface area contributed by atoms with E-state index in [9.17, 15) is 9.59 Å². The third kappa shape index (κ3) is 4.09. The first-order valence-corrected chi connectivity index (χ1v) is 6.81. The highest BCUT2D eigenvalue weighted by atomic mass is 127. The van der Waals surface area contributed by atoms with Gasteiger partial charge in [-0.2, -0.15) is 0 Å². The fourth-order valence-electron chi connectivity index (χ4n) is 1.91. The van der Waals surface area contributed by atoms with Crippen LogP contribution >= 0.6 is 22.9 Å². The number of amides is 2. The number of carbonyl (C=O) groups is 2. The van der Waals surface area contributed by atoms with Crippen molar-refractivity contribution in [1.82, 2.24) is 8.01 Å². The van der Waals surface area contributed by atoms with Crippen molar-refractivity contribution in [2.24, 2.45) is 0 Å². The second-order valence-corrected chi connectivity index (χ2v) is 5.14. The number of halogens is 1. The van der Waals surface area contributed by atoms with Crippen molar-refractivity contribution >= 4 is 34.7 Å². The number of nitrogens with zero attached hydrogens (tertiary/aromatic N) is 2. The number of likely N-dealkylation sites (tertiary alicyclic amines) is 1. The first-order valence-electron chi connectivity index (χ1n) is 5.84. The van der Waals surface area contributed by atoms with Gasteiger partial charge in [0.05, 0.1) is 22.9 Å². The van der Waals surface area contributed by atoms with E-state index in [1.807, 2.05) is 6.92 Å². The van der Waals surface area contributed by atoms with E-state index in [0.29, 0.717) is 19.5 Å². The van der Waals surface area contributed by atoms with Gasteiger partial charge in [0.1, 0.15) is 6.61 Å². The SMILES string of the molecule is CCC(=O)N(I)C1CCN(C(=O)COC)CC1. The summed E-state index contributed by atoms with van der Waals surface area (Å²) in [5.41, 5.74) is 0. The van der Waals surface area contributed by atoms with Crippen LogP contribution in [0.1, 0.15) is 26.2 Å². The summed E-state index contributed by atoms with van der Waals surface area (Å²) in [6.07, 6.45) is 2.24. The first-order chi connectivity index (χ1) is 8.10. The molecule has 0 aromatic rings. The van der Waals surface area contributed by atoms with Crippen LogP contribution in [0.25, 0.3) is 0 Å². The molecule has 1 fully saturated rings. The van der Waals surface area contributed by atoms with E-state index >= 15 is 0 Å². The number of methoxy groups -OCH3 is 1. The van der Waals surface area contributed by atoms with Crippen molar-refractivity contribution in [3.8, 4) is 0 Å². The van der Waals surface area contributed by atoms with Crippen molar-refractivity contribution < 1.29 is 14.3 Å². The predicted octanol–water partition coefficient (Wildman–Crippen LogP) is 1.21. The van der Waals surface area contributed by atoms with Crippen LogP contribution in [0.4, 0.5) is 0 Å². The number of piperidine rings is 1. The topological polar surface area (TPSA) is 49.9 Å². The summed E-state index contributed by atoms with van der Waals surface area (Å²) in [6, 6.07) is 0.259. The van der Waals surface area contributed by atoms with Gasteiger partial charge < -0.3 is 9.64 Å². The van der Waals surface area contributed by atoms with Gasteiger partial charge in [0, 0.05) is 32.7 Å². The minimum Gasteiger partial charge on any atom is -0.375 e. The second kappa shape index (κ2) is 7.15. The zero-order chi connectivity index (χ0) is 12.8. The van der Waals surface area contributed by atoms with Crippen LogP contribution in [0, 0.1) is 0 Å². The quantitative estimate of drug-likeness (QED) is 0.563. The highest BCUT2D eigenvalue weighted by Crippen LogP contribution is 2.20. The Kier molecular flexibility index (Phi) is 6.18. The molecule has 0 aromatic heterocycles. The molecule has 2 amide bonds. The Bertz CT molecular complexity index is 278. The molecule has 98 valence electrons. The fraction of sp³-hybridized carbons (Fsp3) is 0.818. The summed E-state index contributed by atoms with van der Waals surface area (Å²) in [6.45, 7) is 3.43. The van der Waals surface area contributed by atoms with E-state index in [4.69, 9.17) is 4.74 Å². The van der Waals surface area contributed by atoms with Crippen molar-refractivity contribution in [3.63, 3.8) is 0 Å². The molecular weight excluding hydrogens is 335 g/mol. The number of hydrogen-bond donors (Lipinski definition) is 0. The van der Waals surface area contributed by atoms with E-state index in [2.05, 4.69) is 22.9 Å². The van der Waals surface area contributed by atoms with E-state index in [1.54, 1.807) is 8.01 Å². The molecule has 0 unspecified atom stereocenters. The predicted molar refractivity (Wildman–Crippen MR) is 72.6 cm³/mol. The maximum atomic E-state index is 11.6. The molecule has 5 nitrogen and oxygen atoms in total. The Balaban J connectivity index is 2.40. The van der Waals surface area contributed by atoms with Gasteiger partial charge in [0.25, 0.3) is 0 Å². The lowest BCUT2D eigenvalue weighted by molar-refractivity contribution is -0.136. The Morgan fingerprint density at radius 2 is 2.00 bits per heavy atom. The number of carbonyl (C=O) groups excluding carboxylic acids is 2. The summed E-state index contributed by atoms with van der Waals surface area (Å²) in [7, 11) is 1.52. The highest BCUT2D eigenvalue weighted by molar-refractivity contribution is 14.1. The highest BCUT2D eigenvalue weighted by Gasteiger charge is 2.27. The molecule has 1 heterocycles. The molecule has 1 saturated heterocycles. The maximum Gasteiger partial charge on any atom is 0.248 e. The Hall–Kier alpha value is -0.370. The molecular formula is C11H19IN2O3. The molecule has 1 rings (SSSR count). The van der Waals surface area contributed by atoms with Crippen molar-refractivity contribution in [2.75, 3.05) is 26.8 Å². The molecule has 1 aliphatic rings. The van der Waals surface area contributed by atoms with Gasteiger partial charge in [0.2, 0.25) is 11.8 Å². The third-order valence-electron chi connectivity index (χ3n) is 2.95. The van der Waals surface area contributed by atoms with Crippen LogP contribution < -0.4 is 0 Å².